The smallest absolute Gasteiger partial charge is 0.253 e. The van der Waals surface area contributed by atoms with Crippen LogP contribution in [0.5, 0.6) is 0 Å². The minimum atomic E-state index is -0.298. The molecule has 1 N–H and O–H groups in total. The summed E-state index contributed by atoms with van der Waals surface area (Å²) < 4.78 is 12.9. The number of carbonyl (C=O) groups is 1. The van der Waals surface area contributed by atoms with Crippen molar-refractivity contribution in [1.82, 2.24) is 10.2 Å². The molecular formula is C15H20ClFN2O. The lowest BCUT2D eigenvalue weighted by atomic mass is 9.92. The maximum absolute atomic E-state index is 12.9. The van der Waals surface area contributed by atoms with Crippen molar-refractivity contribution in [3.63, 3.8) is 0 Å². The van der Waals surface area contributed by atoms with E-state index in [-0.39, 0.29) is 24.1 Å². The first kappa shape index (κ1) is 15.3. The van der Waals surface area contributed by atoms with Crippen LogP contribution in [-0.2, 0) is 0 Å². The lowest BCUT2D eigenvalue weighted by Crippen LogP contribution is -2.32. The van der Waals surface area contributed by atoms with Gasteiger partial charge in [0.1, 0.15) is 5.82 Å². The van der Waals surface area contributed by atoms with E-state index in [2.05, 4.69) is 5.32 Å². The largest absolute Gasteiger partial charge is 0.339 e. The number of likely N-dealkylation sites (tertiary alicyclic amines) is 1. The lowest BCUT2D eigenvalue weighted by Gasteiger charge is -2.21. The Balaban J connectivity index is 0.00000147. The summed E-state index contributed by atoms with van der Waals surface area (Å²) in [5, 5.41) is 3.43. The second-order valence-electron chi connectivity index (χ2n) is 5.55. The van der Waals surface area contributed by atoms with E-state index in [1.54, 1.807) is 12.1 Å². The third kappa shape index (κ3) is 3.13. The van der Waals surface area contributed by atoms with Gasteiger partial charge in [-0.1, -0.05) is 0 Å². The van der Waals surface area contributed by atoms with Crippen molar-refractivity contribution < 1.29 is 9.18 Å². The van der Waals surface area contributed by atoms with Gasteiger partial charge in [0.15, 0.2) is 0 Å². The lowest BCUT2D eigenvalue weighted by molar-refractivity contribution is 0.0758. The molecule has 5 heteroatoms. The molecule has 2 aliphatic heterocycles. The zero-order chi connectivity index (χ0) is 13.2. The molecule has 0 spiro atoms. The van der Waals surface area contributed by atoms with Crippen molar-refractivity contribution in [2.45, 2.75) is 12.8 Å². The molecule has 0 aromatic heterocycles. The van der Waals surface area contributed by atoms with E-state index in [9.17, 15) is 9.18 Å². The number of benzene rings is 1. The molecule has 0 radical (unpaired) electrons. The molecule has 3 nitrogen and oxygen atoms in total. The van der Waals surface area contributed by atoms with E-state index < -0.39 is 0 Å². The molecule has 2 heterocycles. The molecule has 3 rings (SSSR count). The average Bonchev–Trinajstić information content (AvgIpc) is 2.78. The van der Waals surface area contributed by atoms with Crippen LogP contribution in [0.2, 0.25) is 0 Å². The monoisotopic (exact) mass is 298 g/mol. The summed E-state index contributed by atoms with van der Waals surface area (Å²) in [5.74, 6) is 1.16. The maximum atomic E-state index is 12.9. The minimum absolute atomic E-state index is 0. The van der Waals surface area contributed by atoms with Gasteiger partial charge in [-0.25, -0.2) is 4.39 Å². The Bertz CT molecular complexity index is 451. The van der Waals surface area contributed by atoms with Gasteiger partial charge in [0, 0.05) is 18.7 Å². The van der Waals surface area contributed by atoms with Gasteiger partial charge in [-0.05, 0) is 62.0 Å². The number of amides is 1. The number of hydrogen-bond acceptors (Lipinski definition) is 2. The second-order valence-corrected chi connectivity index (χ2v) is 5.55. The van der Waals surface area contributed by atoms with E-state index in [0.29, 0.717) is 17.4 Å². The van der Waals surface area contributed by atoms with Crippen molar-refractivity contribution in [2.75, 3.05) is 26.2 Å². The third-order valence-corrected chi connectivity index (χ3v) is 4.40. The molecule has 0 aliphatic carbocycles. The molecule has 0 unspecified atom stereocenters. The van der Waals surface area contributed by atoms with Gasteiger partial charge in [0.2, 0.25) is 0 Å². The quantitative estimate of drug-likeness (QED) is 0.863. The molecule has 110 valence electrons. The first-order chi connectivity index (χ1) is 9.24. The summed E-state index contributed by atoms with van der Waals surface area (Å²) in [7, 11) is 0. The number of hydrogen-bond donors (Lipinski definition) is 1. The molecule has 1 amide bonds. The fourth-order valence-corrected chi connectivity index (χ4v) is 3.20. The summed E-state index contributed by atoms with van der Waals surface area (Å²) in [6.07, 6.45) is 2.15. The number of nitrogens with one attached hydrogen (secondary N) is 1. The first-order valence-electron chi connectivity index (χ1n) is 6.99. The van der Waals surface area contributed by atoms with Crippen LogP contribution in [0.15, 0.2) is 24.3 Å². The predicted octanol–water partition coefficient (Wildman–Crippen LogP) is 2.32. The maximum Gasteiger partial charge on any atom is 0.253 e. The van der Waals surface area contributed by atoms with Gasteiger partial charge in [0.05, 0.1) is 0 Å². The Labute approximate surface area is 124 Å². The van der Waals surface area contributed by atoms with Crippen molar-refractivity contribution in [2.24, 2.45) is 11.8 Å². The molecule has 0 saturated carbocycles. The van der Waals surface area contributed by atoms with E-state index in [1.165, 1.54) is 12.1 Å². The molecule has 2 fully saturated rings. The summed E-state index contributed by atoms with van der Waals surface area (Å²) in [5.41, 5.74) is 0.589. The first-order valence-corrected chi connectivity index (χ1v) is 6.99. The van der Waals surface area contributed by atoms with Crippen LogP contribution in [-0.4, -0.2) is 37.0 Å². The average molecular weight is 299 g/mol. The molecule has 2 saturated heterocycles. The molecule has 1 aromatic rings. The Morgan fingerprint density at radius 1 is 1.10 bits per heavy atom. The number of nitrogens with zero attached hydrogens (tertiary/aromatic N) is 1. The van der Waals surface area contributed by atoms with Crippen molar-refractivity contribution in [3.8, 4) is 0 Å². The van der Waals surface area contributed by atoms with Gasteiger partial charge in [-0.15, -0.1) is 12.4 Å². The minimum Gasteiger partial charge on any atom is -0.339 e. The Hall–Kier alpha value is -1.13. The van der Waals surface area contributed by atoms with E-state index in [4.69, 9.17) is 0 Å². The van der Waals surface area contributed by atoms with Crippen LogP contribution < -0.4 is 5.32 Å². The molecule has 1 aromatic carbocycles. The highest BCUT2D eigenvalue weighted by molar-refractivity contribution is 5.94. The van der Waals surface area contributed by atoms with Crippen LogP contribution in [0, 0.1) is 17.7 Å². The van der Waals surface area contributed by atoms with E-state index >= 15 is 0 Å². The number of fused-ring (bicyclic) bond motifs is 1. The molecule has 0 bridgehead atoms. The van der Waals surface area contributed by atoms with E-state index in [1.807, 2.05) is 4.90 Å². The Morgan fingerprint density at radius 2 is 1.65 bits per heavy atom. The normalized spacial score (nSPS) is 25.6. The molecule has 2 atom stereocenters. The highest BCUT2D eigenvalue weighted by Gasteiger charge is 2.31. The van der Waals surface area contributed by atoms with Gasteiger partial charge in [0.25, 0.3) is 5.91 Å². The van der Waals surface area contributed by atoms with Gasteiger partial charge in [-0.3, -0.25) is 4.79 Å². The summed E-state index contributed by atoms with van der Waals surface area (Å²) in [6, 6.07) is 5.85. The van der Waals surface area contributed by atoms with E-state index in [0.717, 1.165) is 39.0 Å². The number of carbonyl (C=O) groups excluding carboxylic acids is 1. The fourth-order valence-electron chi connectivity index (χ4n) is 3.20. The second kappa shape index (κ2) is 6.55. The number of rotatable bonds is 1. The van der Waals surface area contributed by atoms with Crippen LogP contribution in [0.25, 0.3) is 0 Å². The molecular weight excluding hydrogens is 279 g/mol. The standard InChI is InChI=1S/C15H19FN2O.ClH/c16-14-3-1-11(2-4-14)15(19)18-7-5-12-9-17-10-13(12)6-8-18;/h1-4,12-13,17H,5-10H2;1H/t12-,13+;. The Morgan fingerprint density at radius 3 is 2.20 bits per heavy atom. The van der Waals surface area contributed by atoms with Crippen molar-refractivity contribution in [3.05, 3.63) is 35.6 Å². The summed E-state index contributed by atoms with van der Waals surface area (Å²) in [6.45, 7) is 3.81. The number of halogens is 2. The summed E-state index contributed by atoms with van der Waals surface area (Å²) >= 11 is 0. The highest BCUT2D eigenvalue weighted by atomic mass is 35.5. The highest BCUT2D eigenvalue weighted by Crippen LogP contribution is 2.27. The third-order valence-electron chi connectivity index (χ3n) is 4.40. The predicted molar refractivity (Wildman–Crippen MR) is 78.6 cm³/mol. The summed E-state index contributed by atoms with van der Waals surface area (Å²) in [4.78, 5) is 14.3. The molecule has 20 heavy (non-hydrogen) atoms. The van der Waals surface area contributed by atoms with Crippen molar-refractivity contribution in [1.29, 1.82) is 0 Å². The SMILES string of the molecule is Cl.O=C(c1ccc(F)cc1)N1CC[C@@H]2CNC[C@@H]2CC1. The zero-order valence-electron chi connectivity index (χ0n) is 11.3. The van der Waals surface area contributed by atoms with Crippen LogP contribution in [0.1, 0.15) is 23.2 Å². The van der Waals surface area contributed by atoms with Crippen LogP contribution in [0.3, 0.4) is 0 Å². The van der Waals surface area contributed by atoms with Gasteiger partial charge >= 0.3 is 0 Å². The van der Waals surface area contributed by atoms with Crippen LogP contribution >= 0.6 is 12.4 Å². The molecule has 2 aliphatic rings. The van der Waals surface area contributed by atoms with Crippen LogP contribution in [0.4, 0.5) is 4.39 Å². The Kier molecular flexibility index (Phi) is 5.00. The van der Waals surface area contributed by atoms with Gasteiger partial charge < -0.3 is 10.2 Å². The van der Waals surface area contributed by atoms with Gasteiger partial charge in [-0.2, -0.15) is 0 Å². The van der Waals surface area contributed by atoms with Crippen molar-refractivity contribution >= 4 is 18.3 Å². The zero-order valence-corrected chi connectivity index (χ0v) is 12.2. The topological polar surface area (TPSA) is 32.3 Å². The fraction of sp³-hybridized carbons (Fsp3) is 0.533.